The van der Waals surface area contributed by atoms with Crippen molar-refractivity contribution >= 4 is 33.0 Å². The molecule has 0 saturated heterocycles. The first-order valence-electron chi connectivity index (χ1n) is 4.15. The van der Waals surface area contributed by atoms with E-state index in [0.717, 1.165) is 15.0 Å². The van der Waals surface area contributed by atoms with E-state index in [0.29, 0.717) is 0 Å². The largest absolute Gasteiger partial charge is 0.381 e. The van der Waals surface area contributed by atoms with Gasteiger partial charge in [-0.3, -0.25) is 4.79 Å². The summed E-state index contributed by atoms with van der Waals surface area (Å²) in [7, 11) is 3.84. The van der Waals surface area contributed by atoms with E-state index in [1.54, 1.807) is 6.08 Å². The number of carbonyl (C=O) groups is 1. The zero-order valence-corrected chi connectivity index (χ0v) is 10.8. The van der Waals surface area contributed by atoms with Gasteiger partial charge in [-0.15, -0.1) is 11.3 Å². The van der Waals surface area contributed by atoms with Crippen molar-refractivity contribution in [1.82, 2.24) is 4.90 Å². The lowest BCUT2D eigenvalue weighted by molar-refractivity contribution is 0.104. The van der Waals surface area contributed by atoms with Crippen LogP contribution in [0, 0.1) is 0 Å². The van der Waals surface area contributed by atoms with E-state index in [2.05, 4.69) is 15.9 Å². The molecule has 1 heterocycles. The summed E-state index contributed by atoms with van der Waals surface area (Å²) in [5, 5.41) is 1.90. The fraction of sp³-hybridized carbons (Fsp3) is 0.300. The minimum Gasteiger partial charge on any atom is -0.381 e. The highest BCUT2D eigenvalue weighted by Gasteiger charge is 2.09. The molecule has 0 radical (unpaired) electrons. The Kier molecular flexibility index (Phi) is 3.89. The van der Waals surface area contributed by atoms with Crippen LogP contribution in [0.2, 0.25) is 0 Å². The van der Waals surface area contributed by atoms with Gasteiger partial charge in [0.2, 0.25) is 0 Å². The van der Waals surface area contributed by atoms with Gasteiger partial charge < -0.3 is 4.90 Å². The van der Waals surface area contributed by atoms with E-state index in [-0.39, 0.29) is 5.78 Å². The number of nitrogens with zero attached hydrogens (tertiary/aromatic N) is 1. The van der Waals surface area contributed by atoms with Crippen LogP contribution in [-0.2, 0) is 0 Å². The number of ketones is 1. The molecule has 0 amide bonds. The predicted octanol–water partition coefficient (Wildman–Crippen LogP) is 3.16. The van der Waals surface area contributed by atoms with Gasteiger partial charge in [-0.1, -0.05) is 0 Å². The van der Waals surface area contributed by atoms with Gasteiger partial charge in [0, 0.05) is 30.3 Å². The third kappa shape index (κ3) is 2.69. The summed E-state index contributed by atoms with van der Waals surface area (Å²) in [6.45, 7) is 1.92. The molecular weight excluding hydrogens is 262 g/mol. The third-order valence-electron chi connectivity index (χ3n) is 1.89. The van der Waals surface area contributed by atoms with Crippen molar-refractivity contribution in [1.29, 1.82) is 0 Å². The van der Waals surface area contributed by atoms with Crippen LogP contribution in [0.25, 0.3) is 0 Å². The maximum atomic E-state index is 11.7. The zero-order valence-electron chi connectivity index (χ0n) is 8.37. The van der Waals surface area contributed by atoms with Crippen LogP contribution in [-0.4, -0.2) is 24.8 Å². The first-order chi connectivity index (χ1) is 6.52. The molecule has 0 atom stereocenters. The molecule has 2 nitrogen and oxygen atoms in total. The summed E-state index contributed by atoms with van der Waals surface area (Å²) in [6, 6.07) is 1.89. The molecule has 0 aliphatic carbocycles. The molecular formula is C10H12BrNOS. The summed E-state index contributed by atoms with van der Waals surface area (Å²) in [5.74, 6) is 0.0538. The lowest BCUT2D eigenvalue weighted by atomic mass is 10.2. The van der Waals surface area contributed by atoms with Crippen LogP contribution in [0.3, 0.4) is 0 Å². The lowest BCUT2D eigenvalue weighted by Gasteiger charge is -2.11. The van der Waals surface area contributed by atoms with Gasteiger partial charge in [0.25, 0.3) is 0 Å². The van der Waals surface area contributed by atoms with Crippen LogP contribution in [0.5, 0.6) is 0 Å². The van der Waals surface area contributed by atoms with Crippen LogP contribution >= 0.6 is 27.3 Å². The molecule has 0 N–H and O–H groups in total. The number of thiophene rings is 1. The van der Waals surface area contributed by atoms with Gasteiger partial charge in [-0.25, -0.2) is 0 Å². The molecule has 1 aromatic heterocycles. The molecule has 14 heavy (non-hydrogen) atoms. The monoisotopic (exact) mass is 273 g/mol. The lowest BCUT2D eigenvalue weighted by Crippen LogP contribution is -2.09. The first-order valence-corrected chi connectivity index (χ1v) is 5.82. The Bertz CT molecular complexity index is 368. The van der Waals surface area contributed by atoms with Gasteiger partial charge in [0.15, 0.2) is 5.78 Å². The van der Waals surface area contributed by atoms with Crippen molar-refractivity contribution in [2.24, 2.45) is 0 Å². The third-order valence-corrected chi connectivity index (χ3v) is 3.74. The van der Waals surface area contributed by atoms with Gasteiger partial charge in [-0.2, -0.15) is 0 Å². The molecule has 0 fully saturated rings. The standard InChI is InChI=1S/C10H12BrNOS/c1-7(12(2)3)6-9(13)10-8(11)4-5-14-10/h4-6H,1-3H3/b7-6+. The Morgan fingerprint density at radius 2 is 2.21 bits per heavy atom. The van der Waals surface area contributed by atoms with Crippen molar-refractivity contribution in [3.8, 4) is 0 Å². The summed E-state index contributed by atoms with van der Waals surface area (Å²) >= 11 is 4.79. The second kappa shape index (κ2) is 4.75. The molecule has 0 aromatic carbocycles. The van der Waals surface area contributed by atoms with E-state index < -0.39 is 0 Å². The summed E-state index contributed by atoms with van der Waals surface area (Å²) in [5.41, 5.74) is 0.954. The summed E-state index contributed by atoms with van der Waals surface area (Å²) in [6.07, 6.45) is 1.65. The van der Waals surface area contributed by atoms with Crippen molar-refractivity contribution in [2.45, 2.75) is 6.92 Å². The molecule has 4 heteroatoms. The second-order valence-corrected chi connectivity index (χ2v) is 4.91. The van der Waals surface area contributed by atoms with Crippen molar-refractivity contribution in [2.75, 3.05) is 14.1 Å². The fourth-order valence-electron chi connectivity index (χ4n) is 0.854. The topological polar surface area (TPSA) is 20.3 Å². The van der Waals surface area contributed by atoms with Gasteiger partial charge in [0.1, 0.15) is 0 Å². The average molecular weight is 274 g/mol. The van der Waals surface area contributed by atoms with Gasteiger partial charge in [0.05, 0.1) is 4.88 Å². The van der Waals surface area contributed by atoms with Crippen molar-refractivity contribution < 1.29 is 4.79 Å². The Morgan fingerprint density at radius 3 is 2.64 bits per heavy atom. The van der Waals surface area contributed by atoms with Crippen LogP contribution < -0.4 is 0 Å². The minimum absolute atomic E-state index is 0.0538. The maximum absolute atomic E-state index is 11.7. The molecule has 0 aliphatic rings. The van der Waals surface area contributed by atoms with Crippen molar-refractivity contribution in [3.63, 3.8) is 0 Å². The highest BCUT2D eigenvalue weighted by Crippen LogP contribution is 2.23. The normalized spacial score (nSPS) is 11.6. The first kappa shape index (κ1) is 11.5. The highest BCUT2D eigenvalue weighted by atomic mass is 79.9. The summed E-state index contributed by atoms with van der Waals surface area (Å²) in [4.78, 5) is 14.4. The molecule has 0 saturated carbocycles. The smallest absolute Gasteiger partial charge is 0.198 e. The molecule has 76 valence electrons. The molecule has 0 unspecified atom stereocenters. The van der Waals surface area contributed by atoms with Crippen LogP contribution in [0.15, 0.2) is 27.7 Å². The quantitative estimate of drug-likeness (QED) is 0.623. The van der Waals surface area contributed by atoms with Crippen LogP contribution in [0.4, 0.5) is 0 Å². The Hall–Kier alpha value is -0.610. The molecule has 1 rings (SSSR count). The van der Waals surface area contributed by atoms with Crippen molar-refractivity contribution in [3.05, 3.63) is 32.6 Å². The highest BCUT2D eigenvalue weighted by molar-refractivity contribution is 9.10. The van der Waals surface area contributed by atoms with E-state index in [1.807, 2.05) is 37.4 Å². The predicted molar refractivity (Wildman–Crippen MR) is 63.8 cm³/mol. The van der Waals surface area contributed by atoms with E-state index in [4.69, 9.17) is 0 Å². The molecule has 0 aliphatic heterocycles. The Labute approximate surface area is 96.4 Å². The number of rotatable bonds is 3. The van der Waals surface area contributed by atoms with Crippen LogP contribution in [0.1, 0.15) is 16.6 Å². The zero-order chi connectivity index (χ0) is 10.7. The Morgan fingerprint density at radius 1 is 1.57 bits per heavy atom. The van der Waals surface area contributed by atoms with Gasteiger partial charge >= 0.3 is 0 Å². The molecule has 0 spiro atoms. The fourth-order valence-corrected chi connectivity index (χ4v) is 2.33. The number of carbonyl (C=O) groups excluding carboxylic acids is 1. The van der Waals surface area contributed by atoms with E-state index in [9.17, 15) is 4.79 Å². The summed E-state index contributed by atoms with van der Waals surface area (Å²) < 4.78 is 0.871. The average Bonchev–Trinajstić information content (AvgIpc) is 2.51. The molecule has 1 aromatic rings. The maximum Gasteiger partial charge on any atom is 0.198 e. The number of hydrogen-bond donors (Lipinski definition) is 0. The minimum atomic E-state index is 0.0538. The van der Waals surface area contributed by atoms with E-state index >= 15 is 0 Å². The number of allylic oxidation sites excluding steroid dienone is 2. The Balaban J connectivity index is 2.88. The second-order valence-electron chi connectivity index (χ2n) is 3.14. The van der Waals surface area contributed by atoms with Gasteiger partial charge in [-0.05, 0) is 34.3 Å². The number of hydrogen-bond acceptors (Lipinski definition) is 3. The van der Waals surface area contributed by atoms with E-state index in [1.165, 1.54) is 11.3 Å². The SMILES string of the molecule is C/C(=C\C(=O)c1sccc1Br)N(C)C. The number of halogens is 1. The molecule has 0 bridgehead atoms.